The van der Waals surface area contributed by atoms with Gasteiger partial charge in [-0.3, -0.25) is 4.98 Å². The van der Waals surface area contributed by atoms with Crippen molar-refractivity contribution in [2.45, 2.75) is 25.4 Å². The summed E-state index contributed by atoms with van der Waals surface area (Å²) in [5.74, 6) is -0.292. The summed E-state index contributed by atoms with van der Waals surface area (Å²) in [6.45, 7) is 2.87. The van der Waals surface area contributed by atoms with Crippen LogP contribution in [0.3, 0.4) is 0 Å². The molecular weight excluding hydrogens is 277 g/mol. The summed E-state index contributed by atoms with van der Waals surface area (Å²) in [7, 11) is 4.17. The molecule has 0 fully saturated rings. The van der Waals surface area contributed by atoms with Gasteiger partial charge in [0, 0.05) is 24.8 Å². The van der Waals surface area contributed by atoms with Crippen LogP contribution in [0.5, 0.6) is 0 Å². The lowest BCUT2D eigenvalue weighted by atomic mass is 10.0. The molecular formula is C18H24FN3. The lowest BCUT2D eigenvalue weighted by Crippen LogP contribution is -2.40. The van der Waals surface area contributed by atoms with Gasteiger partial charge in [0.15, 0.2) is 0 Å². The van der Waals surface area contributed by atoms with Gasteiger partial charge in [0.1, 0.15) is 5.82 Å². The molecule has 0 aliphatic heterocycles. The Morgan fingerprint density at radius 3 is 2.55 bits per heavy atom. The topological polar surface area (TPSA) is 28.2 Å². The van der Waals surface area contributed by atoms with E-state index in [9.17, 15) is 4.39 Å². The highest BCUT2D eigenvalue weighted by Crippen LogP contribution is 2.13. The van der Waals surface area contributed by atoms with Crippen LogP contribution in [0.25, 0.3) is 0 Å². The smallest absolute Gasteiger partial charge is 0.141 e. The molecule has 2 aromatic rings. The van der Waals surface area contributed by atoms with Gasteiger partial charge in [0.25, 0.3) is 0 Å². The van der Waals surface area contributed by atoms with E-state index in [0.717, 1.165) is 18.5 Å². The largest absolute Gasteiger partial charge is 0.309 e. The van der Waals surface area contributed by atoms with Crippen molar-refractivity contribution >= 4 is 0 Å². The second-order valence-corrected chi connectivity index (χ2v) is 5.87. The van der Waals surface area contributed by atoms with Crippen LogP contribution in [-0.4, -0.2) is 36.6 Å². The van der Waals surface area contributed by atoms with E-state index in [0.29, 0.717) is 6.04 Å². The van der Waals surface area contributed by atoms with Crippen molar-refractivity contribution in [3.8, 4) is 0 Å². The highest BCUT2D eigenvalue weighted by molar-refractivity contribution is 5.17. The van der Waals surface area contributed by atoms with Gasteiger partial charge in [-0.15, -0.1) is 0 Å². The maximum absolute atomic E-state index is 13.2. The van der Waals surface area contributed by atoms with E-state index < -0.39 is 0 Å². The zero-order valence-electron chi connectivity index (χ0n) is 13.5. The van der Waals surface area contributed by atoms with Crippen molar-refractivity contribution in [2.24, 2.45) is 0 Å². The minimum Gasteiger partial charge on any atom is -0.309 e. The number of halogens is 1. The second-order valence-electron chi connectivity index (χ2n) is 5.87. The summed E-state index contributed by atoms with van der Waals surface area (Å²) in [6, 6.07) is 12.4. The first-order valence-electron chi connectivity index (χ1n) is 7.60. The molecule has 0 aliphatic rings. The maximum Gasteiger partial charge on any atom is 0.141 e. The van der Waals surface area contributed by atoms with Gasteiger partial charge in [0.05, 0.1) is 6.20 Å². The monoisotopic (exact) mass is 301 g/mol. The average molecular weight is 301 g/mol. The van der Waals surface area contributed by atoms with Crippen LogP contribution >= 0.6 is 0 Å². The van der Waals surface area contributed by atoms with E-state index in [1.807, 2.05) is 13.0 Å². The summed E-state index contributed by atoms with van der Waals surface area (Å²) in [4.78, 5) is 6.13. The molecule has 3 nitrogen and oxygen atoms in total. The number of likely N-dealkylation sites (N-methyl/N-ethyl adjacent to an activating group) is 1. The Hall–Kier alpha value is -1.78. The standard InChI is InChI=1S/C18H24FN3/c1-14(16-10-17(19)12-20-11-16)21-13-18(22(2)3)9-15-7-5-4-6-8-15/h4-8,10-12,14,18,21H,9,13H2,1-3H3/t14-,18-/m0/s1. The molecule has 0 unspecified atom stereocenters. The molecule has 1 heterocycles. The van der Waals surface area contributed by atoms with Crippen molar-refractivity contribution in [1.29, 1.82) is 0 Å². The predicted molar refractivity (Wildman–Crippen MR) is 88.2 cm³/mol. The average Bonchev–Trinajstić information content (AvgIpc) is 2.51. The molecule has 22 heavy (non-hydrogen) atoms. The van der Waals surface area contributed by atoms with Gasteiger partial charge in [-0.05, 0) is 44.6 Å². The third kappa shape index (κ3) is 4.90. The highest BCUT2D eigenvalue weighted by atomic mass is 19.1. The number of aromatic nitrogens is 1. The van der Waals surface area contributed by atoms with Gasteiger partial charge in [-0.2, -0.15) is 0 Å². The van der Waals surface area contributed by atoms with Crippen LogP contribution in [0.15, 0.2) is 48.8 Å². The fourth-order valence-corrected chi connectivity index (χ4v) is 2.42. The Morgan fingerprint density at radius 1 is 1.18 bits per heavy atom. The van der Waals surface area contributed by atoms with Crippen molar-refractivity contribution < 1.29 is 4.39 Å². The molecule has 4 heteroatoms. The highest BCUT2D eigenvalue weighted by Gasteiger charge is 2.14. The van der Waals surface area contributed by atoms with Gasteiger partial charge < -0.3 is 10.2 Å². The first-order chi connectivity index (χ1) is 10.6. The van der Waals surface area contributed by atoms with Crippen molar-refractivity contribution in [3.63, 3.8) is 0 Å². The lowest BCUT2D eigenvalue weighted by molar-refractivity contribution is 0.275. The second kappa shape index (κ2) is 8.01. The van der Waals surface area contributed by atoms with Crippen molar-refractivity contribution in [2.75, 3.05) is 20.6 Å². The molecule has 0 spiro atoms. The number of hydrogen-bond donors (Lipinski definition) is 1. The number of nitrogens with one attached hydrogen (secondary N) is 1. The van der Waals surface area contributed by atoms with E-state index in [1.54, 1.807) is 6.20 Å². The molecule has 2 atom stereocenters. The molecule has 0 saturated heterocycles. The molecule has 1 aromatic carbocycles. The van der Waals surface area contributed by atoms with Gasteiger partial charge >= 0.3 is 0 Å². The number of pyridine rings is 1. The van der Waals surface area contributed by atoms with Crippen LogP contribution in [0.2, 0.25) is 0 Å². The molecule has 0 bridgehead atoms. The van der Waals surface area contributed by atoms with Gasteiger partial charge in [-0.25, -0.2) is 4.39 Å². The van der Waals surface area contributed by atoms with Gasteiger partial charge in [0.2, 0.25) is 0 Å². The third-order valence-electron chi connectivity index (χ3n) is 3.93. The van der Waals surface area contributed by atoms with Crippen LogP contribution in [-0.2, 0) is 6.42 Å². The number of rotatable bonds is 7. The minimum atomic E-state index is -0.292. The number of nitrogens with zero attached hydrogens (tertiary/aromatic N) is 2. The first-order valence-corrected chi connectivity index (χ1v) is 7.60. The zero-order valence-corrected chi connectivity index (χ0v) is 13.5. The summed E-state index contributed by atoms with van der Waals surface area (Å²) in [5.41, 5.74) is 2.19. The Morgan fingerprint density at radius 2 is 1.91 bits per heavy atom. The number of benzene rings is 1. The van der Waals surface area contributed by atoms with Crippen LogP contribution in [0, 0.1) is 5.82 Å². The van der Waals surface area contributed by atoms with Crippen LogP contribution in [0.1, 0.15) is 24.1 Å². The van der Waals surface area contributed by atoms with E-state index in [2.05, 4.69) is 53.6 Å². The molecule has 1 aromatic heterocycles. The maximum atomic E-state index is 13.2. The Bertz CT molecular complexity index is 572. The number of hydrogen-bond acceptors (Lipinski definition) is 3. The van der Waals surface area contributed by atoms with Crippen LogP contribution in [0.4, 0.5) is 4.39 Å². The van der Waals surface area contributed by atoms with Crippen molar-refractivity contribution in [3.05, 3.63) is 65.7 Å². The summed E-state index contributed by atoms with van der Waals surface area (Å²) < 4.78 is 13.2. The fraction of sp³-hybridized carbons (Fsp3) is 0.389. The normalized spacial score (nSPS) is 14.0. The Balaban J connectivity index is 1.94. The minimum absolute atomic E-state index is 0.0708. The fourth-order valence-electron chi connectivity index (χ4n) is 2.42. The van der Waals surface area contributed by atoms with E-state index in [1.165, 1.54) is 17.8 Å². The first kappa shape index (κ1) is 16.6. The zero-order chi connectivity index (χ0) is 15.9. The van der Waals surface area contributed by atoms with Crippen molar-refractivity contribution in [1.82, 2.24) is 15.2 Å². The predicted octanol–water partition coefficient (Wildman–Crippen LogP) is 3.04. The molecule has 1 N–H and O–H groups in total. The summed E-state index contributed by atoms with van der Waals surface area (Å²) >= 11 is 0. The third-order valence-corrected chi connectivity index (χ3v) is 3.93. The molecule has 0 aliphatic carbocycles. The molecule has 0 amide bonds. The molecule has 0 radical (unpaired) electrons. The van der Waals surface area contributed by atoms with Gasteiger partial charge in [-0.1, -0.05) is 30.3 Å². The Kier molecular flexibility index (Phi) is 6.04. The van der Waals surface area contributed by atoms with Crippen LogP contribution < -0.4 is 5.32 Å². The Labute approximate surface area is 132 Å². The SMILES string of the molecule is C[C@H](NC[C@H](Cc1ccccc1)N(C)C)c1cncc(F)c1. The molecule has 0 saturated carbocycles. The summed E-state index contributed by atoms with van der Waals surface area (Å²) in [5, 5.41) is 3.48. The molecule has 2 rings (SSSR count). The molecule has 118 valence electrons. The van der Waals surface area contributed by atoms with E-state index in [-0.39, 0.29) is 11.9 Å². The quantitative estimate of drug-likeness (QED) is 0.852. The lowest BCUT2D eigenvalue weighted by Gasteiger charge is -2.26. The summed E-state index contributed by atoms with van der Waals surface area (Å²) in [6.07, 6.45) is 3.92. The van der Waals surface area contributed by atoms with E-state index in [4.69, 9.17) is 0 Å². The van der Waals surface area contributed by atoms with E-state index >= 15 is 0 Å².